The average molecular weight is 271 g/mol. The number of anilines is 1. The molecule has 0 heterocycles. The summed E-state index contributed by atoms with van der Waals surface area (Å²) in [6.45, 7) is 5.29. The second-order valence-electron chi connectivity index (χ2n) is 4.79. The molecule has 0 spiro atoms. The first-order chi connectivity index (χ1) is 8.27. The van der Waals surface area contributed by atoms with Crippen molar-refractivity contribution >= 4 is 22.7 Å². The number of hydrogen-bond acceptors (Lipinski definition) is 3. The van der Waals surface area contributed by atoms with Gasteiger partial charge in [0.05, 0.1) is 12.8 Å². The van der Waals surface area contributed by atoms with Gasteiger partial charge in [0, 0.05) is 5.41 Å². The van der Waals surface area contributed by atoms with Crippen molar-refractivity contribution in [3.05, 3.63) is 18.2 Å². The maximum Gasteiger partial charge on any atom is 0.229 e. The molecular weight excluding hydrogens is 254 g/mol. The van der Waals surface area contributed by atoms with Gasteiger partial charge in [0.15, 0.2) is 11.1 Å². The molecular formula is C12H17NO4S. The summed E-state index contributed by atoms with van der Waals surface area (Å²) in [5, 5.41) is 2.63. The molecule has 0 aromatic heterocycles. The normalized spacial score (nSPS) is 12.9. The molecule has 0 aliphatic rings. The van der Waals surface area contributed by atoms with E-state index in [-0.39, 0.29) is 22.2 Å². The molecule has 18 heavy (non-hydrogen) atoms. The van der Waals surface area contributed by atoms with Crippen LogP contribution in [-0.4, -0.2) is 21.8 Å². The lowest BCUT2D eigenvalue weighted by atomic mass is 9.95. The van der Waals surface area contributed by atoms with Crippen LogP contribution in [0.4, 0.5) is 5.69 Å². The van der Waals surface area contributed by atoms with E-state index in [1.807, 2.05) is 0 Å². The molecule has 0 fully saturated rings. The Bertz CT molecular complexity index is 479. The van der Waals surface area contributed by atoms with Crippen LogP contribution in [0.2, 0.25) is 0 Å². The van der Waals surface area contributed by atoms with E-state index in [1.165, 1.54) is 7.11 Å². The van der Waals surface area contributed by atoms with E-state index < -0.39 is 16.5 Å². The van der Waals surface area contributed by atoms with E-state index in [0.717, 1.165) is 0 Å². The van der Waals surface area contributed by atoms with Gasteiger partial charge in [-0.3, -0.25) is 4.79 Å². The number of benzene rings is 1. The molecule has 1 unspecified atom stereocenters. The number of carbonyl (C=O) groups excluding carboxylic acids is 1. The largest absolute Gasteiger partial charge is 0.495 e. The zero-order valence-electron chi connectivity index (χ0n) is 10.8. The van der Waals surface area contributed by atoms with Crippen LogP contribution in [0.5, 0.6) is 5.75 Å². The molecule has 2 N–H and O–H groups in total. The highest BCUT2D eigenvalue weighted by Crippen LogP contribution is 2.30. The Labute approximate surface area is 109 Å². The van der Waals surface area contributed by atoms with E-state index in [0.29, 0.717) is 0 Å². The number of methoxy groups -OCH3 is 1. The zero-order chi connectivity index (χ0) is 13.9. The van der Waals surface area contributed by atoms with Crippen molar-refractivity contribution < 1.29 is 18.3 Å². The molecule has 100 valence electrons. The van der Waals surface area contributed by atoms with Gasteiger partial charge in [-0.15, -0.1) is 0 Å². The van der Waals surface area contributed by atoms with E-state index in [1.54, 1.807) is 39.0 Å². The number of carbonyl (C=O) groups is 1. The van der Waals surface area contributed by atoms with Crippen molar-refractivity contribution in [3.63, 3.8) is 0 Å². The Kier molecular flexibility index (Phi) is 4.48. The third kappa shape index (κ3) is 3.30. The first kappa shape index (κ1) is 14.7. The van der Waals surface area contributed by atoms with Crippen LogP contribution in [0.15, 0.2) is 23.1 Å². The van der Waals surface area contributed by atoms with Crippen molar-refractivity contribution in [2.75, 3.05) is 12.4 Å². The highest BCUT2D eigenvalue weighted by molar-refractivity contribution is 7.79. The number of ether oxygens (including phenoxy) is 1. The van der Waals surface area contributed by atoms with Crippen LogP contribution >= 0.6 is 0 Å². The Hall–Kier alpha value is -1.40. The van der Waals surface area contributed by atoms with Crippen LogP contribution < -0.4 is 10.1 Å². The molecule has 0 aliphatic carbocycles. The van der Waals surface area contributed by atoms with Gasteiger partial charge in [0.2, 0.25) is 5.91 Å². The minimum Gasteiger partial charge on any atom is -0.495 e. The predicted octanol–water partition coefficient (Wildman–Crippen LogP) is 2.26. The lowest BCUT2D eigenvalue weighted by Gasteiger charge is -2.19. The third-order valence-electron chi connectivity index (χ3n) is 2.30. The smallest absolute Gasteiger partial charge is 0.229 e. The second kappa shape index (κ2) is 5.49. The summed E-state index contributed by atoms with van der Waals surface area (Å²) >= 11 is -2.23. The van der Waals surface area contributed by atoms with E-state index in [4.69, 9.17) is 4.74 Å². The van der Waals surface area contributed by atoms with E-state index in [9.17, 15) is 13.6 Å². The van der Waals surface area contributed by atoms with Gasteiger partial charge in [-0.05, 0) is 12.1 Å². The van der Waals surface area contributed by atoms with Crippen molar-refractivity contribution in [3.8, 4) is 5.75 Å². The fourth-order valence-electron chi connectivity index (χ4n) is 1.26. The topological polar surface area (TPSA) is 75.6 Å². The van der Waals surface area contributed by atoms with Crippen LogP contribution in [-0.2, 0) is 15.9 Å². The van der Waals surface area contributed by atoms with Gasteiger partial charge >= 0.3 is 0 Å². The summed E-state index contributed by atoms with van der Waals surface area (Å²) in [4.78, 5) is 11.9. The van der Waals surface area contributed by atoms with E-state index in [2.05, 4.69) is 5.32 Å². The summed E-state index contributed by atoms with van der Waals surface area (Å²) in [7, 11) is 1.40. The fraction of sp³-hybridized carbons (Fsp3) is 0.417. The molecule has 0 radical (unpaired) electrons. The Morgan fingerprint density at radius 2 is 2.00 bits per heavy atom. The van der Waals surface area contributed by atoms with Gasteiger partial charge < -0.3 is 14.6 Å². The third-order valence-corrected chi connectivity index (χ3v) is 3.07. The maximum atomic E-state index is 11.9. The average Bonchev–Trinajstić information content (AvgIpc) is 2.26. The van der Waals surface area contributed by atoms with Crippen molar-refractivity contribution in [1.82, 2.24) is 0 Å². The second-order valence-corrected chi connectivity index (χ2v) is 5.70. The Balaban J connectivity index is 3.17. The Morgan fingerprint density at radius 1 is 1.39 bits per heavy atom. The standard InChI is InChI=1S/C12H17NO4S/c1-12(2,3)11(14)13-8-6-5-7-9(17-4)10(8)18(15)16/h5-7H,1-4H3,(H,13,14)(H,15,16). The Morgan fingerprint density at radius 3 is 2.44 bits per heavy atom. The van der Waals surface area contributed by atoms with Crippen LogP contribution in [0, 0.1) is 5.41 Å². The number of hydrogen-bond donors (Lipinski definition) is 2. The van der Waals surface area contributed by atoms with Gasteiger partial charge in [0.1, 0.15) is 10.6 Å². The highest BCUT2D eigenvalue weighted by atomic mass is 32.2. The zero-order valence-corrected chi connectivity index (χ0v) is 11.6. The van der Waals surface area contributed by atoms with Gasteiger partial charge in [-0.2, -0.15) is 0 Å². The minimum atomic E-state index is -2.23. The van der Waals surface area contributed by atoms with Crippen molar-refractivity contribution in [2.24, 2.45) is 5.41 Å². The van der Waals surface area contributed by atoms with Crippen molar-refractivity contribution in [2.45, 2.75) is 25.7 Å². The van der Waals surface area contributed by atoms with Gasteiger partial charge in [-0.25, -0.2) is 4.21 Å². The number of rotatable bonds is 3. The van der Waals surface area contributed by atoms with Crippen LogP contribution in [0.1, 0.15) is 20.8 Å². The molecule has 1 rings (SSSR count). The highest BCUT2D eigenvalue weighted by Gasteiger charge is 2.24. The first-order valence-corrected chi connectivity index (χ1v) is 6.47. The monoisotopic (exact) mass is 271 g/mol. The molecule has 5 nitrogen and oxygen atoms in total. The molecule has 1 aromatic carbocycles. The fourth-order valence-corrected chi connectivity index (χ4v) is 1.90. The quantitative estimate of drug-likeness (QED) is 0.827. The molecule has 0 saturated carbocycles. The molecule has 1 aromatic rings. The maximum absolute atomic E-state index is 11.9. The summed E-state index contributed by atoms with van der Waals surface area (Å²) in [6.07, 6.45) is 0. The predicted molar refractivity (Wildman–Crippen MR) is 70.1 cm³/mol. The molecule has 0 aliphatic heterocycles. The van der Waals surface area contributed by atoms with Crippen LogP contribution in [0.25, 0.3) is 0 Å². The summed E-state index contributed by atoms with van der Waals surface area (Å²) in [5.74, 6) is 0.0324. The van der Waals surface area contributed by atoms with Gasteiger partial charge in [-0.1, -0.05) is 26.8 Å². The molecule has 0 saturated heterocycles. The molecule has 1 atom stereocenters. The molecule has 1 amide bonds. The summed E-state index contributed by atoms with van der Waals surface area (Å²) in [5.41, 5.74) is -0.299. The lowest BCUT2D eigenvalue weighted by molar-refractivity contribution is -0.123. The SMILES string of the molecule is COc1cccc(NC(=O)C(C)(C)C)c1S(=O)O. The summed E-state index contributed by atoms with van der Waals surface area (Å²) in [6, 6.07) is 4.78. The molecule has 6 heteroatoms. The first-order valence-electron chi connectivity index (χ1n) is 5.36. The summed E-state index contributed by atoms with van der Waals surface area (Å²) < 4.78 is 25.6. The van der Waals surface area contributed by atoms with Crippen LogP contribution in [0.3, 0.4) is 0 Å². The number of amides is 1. The van der Waals surface area contributed by atoms with Crippen molar-refractivity contribution in [1.29, 1.82) is 0 Å². The molecule has 0 bridgehead atoms. The van der Waals surface area contributed by atoms with E-state index >= 15 is 0 Å². The number of nitrogens with one attached hydrogen (secondary N) is 1. The minimum absolute atomic E-state index is 0.0672. The van der Waals surface area contributed by atoms with Gasteiger partial charge in [0.25, 0.3) is 0 Å². The lowest BCUT2D eigenvalue weighted by Crippen LogP contribution is -2.28.